The lowest BCUT2D eigenvalue weighted by molar-refractivity contribution is -0.119. The lowest BCUT2D eigenvalue weighted by Gasteiger charge is -2.16. The van der Waals surface area contributed by atoms with Crippen LogP contribution in [0, 0.1) is 11.3 Å². The molecular formula is C25H19ClN4O2S. The number of nitrogens with zero attached hydrogens (tertiary/aromatic N) is 3. The highest BCUT2D eigenvalue weighted by atomic mass is 35.5. The van der Waals surface area contributed by atoms with Crippen LogP contribution < -0.4 is 10.9 Å². The van der Waals surface area contributed by atoms with E-state index in [0.29, 0.717) is 32.3 Å². The van der Waals surface area contributed by atoms with E-state index in [1.54, 1.807) is 54.6 Å². The summed E-state index contributed by atoms with van der Waals surface area (Å²) >= 11 is 7.12. The first-order valence-electron chi connectivity index (χ1n) is 10.2. The molecule has 164 valence electrons. The molecule has 0 aliphatic carbocycles. The van der Waals surface area contributed by atoms with Crippen molar-refractivity contribution in [3.8, 4) is 11.8 Å². The predicted octanol–water partition coefficient (Wildman–Crippen LogP) is 4.88. The molecule has 4 rings (SSSR count). The van der Waals surface area contributed by atoms with Crippen LogP contribution in [0.1, 0.15) is 24.1 Å². The summed E-state index contributed by atoms with van der Waals surface area (Å²) in [5.74, 6) is -0.102. The molecule has 0 saturated carbocycles. The van der Waals surface area contributed by atoms with Gasteiger partial charge in [-0.3, -0.25) is 14.2 Å². The Kier molecular flexibility index (Phi) is 6.78. The van der Waals surface area contributed by atoms with Crippen LogP contribution in [0.5, 0.6) is 0 Å². The Balaban J connectivity index is 1.61. The SMILES string of the molecule is CC(NC(=O)CSc1nc2ccccc2c(=O)n1-c1ccc(C#N)cc1)c1ccc(Cl)cc1. The van der Waals surface area contributed by atoms with Crippen molar-refractivity contribution < 1.29 is 4.79 Å². The molecule has 0 aliphatic heterocycles. The lowest BCUT2D eigenvalue weighted by atomic mass is 10.1. The highest BCUT2D eigenvalue weighted by molar-refractivity contribution is 7.99. The zero-order valence-corrected chi connectivity index (χ0v) is 19.2. The molecule has 0 radical (unpaired) electrons. The average molecular weight is 475 g/mol. The minimum Gasteiger partial charge on any atom is -0.349 e. The molecule has 0 spiro atoms. The monoisotopic (exact) mass is 474 g/mol. The molecule has 0 aliphatic rings. The Bertz CT molecular complexity index is 1410. The number of para-hydroxylation sites is 1. The van der Waals surface area contributed by atoms with Crippen LogP contribution in [0.4, 0.5) is 0 Å². The number of hydrogen-bond donors (Lipinski definition) is 1. The summed E-state index contributed by atoms with van der Waals surface area (Å²) in [6.07, 6.45) is 0. The summed E-state index contributed by atoms with van der Waals surface area (Å²) in [6.45, 7) is 1.90. The maximum absolute atomic E-state index is 13.3. The van der Waals surface area contributed by atoms with Gasteiger partial charge in [0.05, 0.1) is 40.0 Å². The number of thioether (sulfide) groups is 1. The Labute approximate surface area is 199 Å². The van der Waals surface area contributed by atoms with Crippen molar-refractivity contribution >= 4 is 40.2 Å². The third-order valence-corrected chi connectivity index (χ3v) is 6.27. The Morgan fingerprint density at radius 3 is 2.52 bits per heavy atom. The van der Waals surface area contributed by atoms with Gasteiger partial charge >= 0.3 is 0 Å². The van der Waals surface area contributed by atoms with Crippen molar-refractivity contribution in [2.75, 3.05) is 5.75 Å². The molecule has 3 aromatic carbocycles. The highest BCUT2D eigenvalue weighted by Gasteiger charge is 2.16. The molecule has 1 N–H and O–H groups in total. The van der Waals surface area contributed by atoms with Crippen molar-refractivity contribution in [1.82, 2.24) is 14.9 Å². The van der Waals surface area contributed by atoms with Gasteiger partial charge in [-0.2, -0.15) is 5.26 Å². The highest BCUT2D eigenvalue weighted by Crippen LogP contribution is 2.22. The van der Waals surface area contributed by atoms with Gasteiger partial charge in [-0.15, -0.1) is 0 Å². The maximum atomic E-state index is 13.3. The normalized spacial score (nSPS) is 11.7. The Hall–Kier alpha value is -3.60. The molecular weight excluding hydrogens is 456 g/mol. The Morgan fingerprint density at radius 1 is 1.12 bits per heavy atom. The standard InChI is InChI=1S/C25H19ClN4O2S/c1-16(18-8-10-19(26)11-9-18)28-23(31)15-33-25-29-22-5-3-2-4-21(22)24(32)30(25)20-12-6-17(14-27)7-13-20/h2-13,16H,15H2,1H3,(H,28,31). The summed E-state index contributed by atoms with van der Waals surface area (Å²) in [6, 6.07) is 23.0. The van der Waals surface area contributed by atoms with Crippen molar-refractivity contribution in [2.45, 2.75) is 18.1 Å². The van der Waals surface area contributed by atoms with Gasteiger partial charge in [0.2, 0.25) is 5.91 Å². The fourth-order valence-corrected chi connectivity index (χ4v) is 4.32. The summed E-state index contributed by atoms with van der Waals surface area (Å²) in [4.78, 5) is 30.6. The van der Waals surface area contributed by atoms with E-state index in [-0.39, 0.29) is 23.3 Å². The number of carbonyl (C=O) groups excluding carboxylic acids is 1. The number of rotatable bonds is 6. The van der Waals surface area contributed by atoms with Crippen molar-refractivity contribution in [1.29, 1.82) is 5.26 Å². The molecule has 1 unspecified atom stereocenters. The van der Waals surface area contributed by atoms with E-state index in [4.69, 9.17) is 16.9 Å². The van der Waals surface area contributed by atoms with Gasteiger partial charge in [0.1, 0.15) is 0 Å². The van der Waals surface area contributed by atoms with Gasteiger partial charge < -0.3 is 5.32 Å². The minimum atomic E-state index is -0.234. The third kappa shape index (κ3) is 5.08. The average Bonchev–Trinajstić information content (AvgIpc) is 2.83. The second-order valence-electron chi connectivity index (χ2n) is 7.34. The number of fused-ring (bicyclic) bond motifs is 1. The summed E-state index contributed by atoms with van der Waals surface area (Å²) in [5, 5.41) is 13.5. The van der Waals surface area contributed by atoms with Crippen LogP contribution in [-0.4, -0.2) is 21.2 Å². The second kappa shape index (κ2) is 9.90. The molecule has 0 fully saturated rings. The molecule has 1 aromatic heterocycles. The first-order chi connectivity index (χ1) is 16.0. The fraction of sp³-hybridized carbons (Fsp3) is 0.120. The van der Waals surface area contributed by atoms with Crippen molar-refractivity contribution in [3.05, 3.63) is 99.3 Å². The van der Waals surface area contributed by atoms with Crippen LogP contribution in [0.2, 0.25) is 5.02 Å². The van der Waals surface area contributed by atoms with E-state index < -0.39 is 0 Å². The molecule has 8 heteroatoms. The van der Waals surface area contributed by atoms with E-state index in [0.717, 1.165) is 5.56 Å². The van der Waals surface area contributed by atoms with Gasteiger partial charge in [0.15, 0.2) is 5.16 Å². The van der Waals surface area contributed by atoms with E-state index in [1.165, 1.54) is 16.3 Å². The number of carbonyl (C=O) groups is 1. The first kappa shape index (κ1) is 22.6. The fourth-order valence-electron chi connectivity index (χ4n) is 3.37. The van der Waals surface area contributed by atoms with Crippen LogP contribution >= 0.6 is 23.4 Å². The number of nitrogens with one attached hydrogen (secondary N) is 1. The zero-order valence-electron chi connectivity index (χ0n) is 17.7. The maximum Gasteiger partial charge on any atom is 0.266 e. The number of nitriles is 1. The zero-order chi connectivity index (χ0) is 23.4. The lowest BCUT2D eigenvalue weighted by Crippen LogP contribution is -2.29. The molecule has 1 atom stereocenters. The largest absolute Gasteiger partial charge is 0.349 e. The number of hydrogen-bond acceptors (Lipinski definition) is 5. The van der Waals surface area contributed by atoms with Crippen LogP contribution in [-0.2, 0) is 4.79 Å². The number of amides is 1. The predicted molar refractivity (Wildman–Crippen MR) is 131 cm³/mol. The van der Waals surface area contributed by atoms with Gasteiger partial charge in [-0.1, -0.05) is 47.6 Å². The number of halogens is 1. The topological polar surface area (TPSA) is 87.8 Å². The smallest absolute Gasteiger partial charge is 0.266 e. The molecule has 6 nitrogen and oxygen atoms in total. The van der Waals surface area contributed by atoms with E-state index in [1.807, 2.05) is 25.1 Å². The summed E-state index contributed by atoms with van der Waals surface area (Å²) in [7, 11) is 0. The molecule has 1 heterocycles. The third-order valence-electron chi connectivity index (χ3n) is 5.08. The number of aromatic nitrogens is 2. The molecule has 0 bridgehead atoms. The second-order valence-corrected chi connectivity index (χ2v) is 8.72. The van der Waals surface area contributed by atoms with E-state index >= 15 is 0 Å². The molecule has 33 heavy (non-hydrogen) atoms. The van der Waals surface area contributed by atoms with Crippen molar-refractivity contribution in [3.63, 3.8) is 0 Å². The van der Waals surface area contributed by atoms with Gasteiger partial charge in [-0.25, -0.2) is 4.98 Å². The minimum absolute atomic E-state index is 0.0823. The van der Waals surface area contributed by atoms with E-state index in [9.17, 15) is 9.59 Å². The molecule has 0 saturated heterocycles. The van der Waals surface area contributed by atoms with Gasteiger partial charge in [0, 0.05) is 5.02 Å². The molecule has 1 amide bonds. The van der Waals surface area contributed by atoms with Gasteiger partial charge in [-0.05, 0) is 61.0 Å². The Morgan fingerprint density at radius 2 is 1.82 bits per heavy atom. The summed E-state index contributed by atoms with van der Waals surface area (Å²) < 4.78 is 1.48. The first-order valence-corrected chi connectivity index (χ1v) is 11.5. The van der Waals surface area contributed by atoms with Gasteiger partial charge in [0.25, 0.3) is 5.56 Å². The quantitative estimate of drug-likeness (QED) is 0.318. The van der Waals surface area contributed by atoms with Crippen LogP contribution in [0.3, 0.4) is 0 Å². The van der Waals surface area contributed by atoms with Crippen LogP contribution in [0.25, 0.3) is 16.6 Å². The van der Waals surface area contributed by atoms with Crippen LogP contribution in [0.15, 0.2) is 82.7 Å². The number of benzene rings is 3. The van der Waals surface area contributed by atoms with Crippen molar-refractivity contribution in [2.24, 2.45) is 0 Å². The molecule has 4 aromatic rings. The van der Waals surface area contributed by atoms with E-state index in [2.05, 4.69) is 16.4 Å². The summed E-state index contributed by atoms with van der Waals surface area (Å²) in [5.41, 5.74) is 2.34.